The average molecular weight is 215 g/mol. The summed E-state index contributed by atoms with van der Waals surface area (Å²) in [6, 6.07) is 0. The molecule has 13 heavy (non-hydrogen) atoms. The van der Waals surface area contributed by atoms with E-state index in [1.54, 1.807) is 17.8 Å². The third kappa shape index (κ3) is 3.56. The molecule has 1 amide bonds. The van der Waals surface area contributed by atoms with Crippen molar-refractivity contribution in [1.29, 1.82) is 0 Å². The largest absolute Gasteiger partial charge is 0.301 e. The van der Waals surface area contributed by atoms with Crippen molar-refractivity contribution in [2.45, 2.75) is 11.3 Å². The van der Waals surface area contributed by atoms with Gasteiger partial charge in [-0.3, -0.25) is 4.79 Å². The second-order valence-corrected chi connectivity index (χ2v) is 4.40. The van der Waals surface area contributed by atoms with E-state index in [9.17, 15) is 4.79 Å². The first kappa shape index (κ1) is 10.2. The van der Waals surface area contributed by atoms with Crippen LogP contribution in [-0.4, -0.2) is 21.9 Å². The van der Waals surface area contributed by atoms with Gasteiger partial charge in [0.05, 0.1) is 0 Å². The molecule has 0 aromatic carbocycles. The number of carbonyl (C=O) groups excluding carboxylic acids is 1. The Bertz CT molecular complexity index is 310. The third-order valence-electron chi connectivity index (χ3n) is 1.01. The molecular formula is C7H9N3OS2. The standard InChI is InChI=1S/C7H9N3OS2/c1-3-4-12-7-10-9-6(13-7)8-5(2)11/h3H,1,4H2,2H3,(H,8,9,11). The van der Waals surface area contributed by atoms with Crippen LogP contribution >= 0.6 is 23.1 Å². The van der Waals surface area contributed by atoms with E-state index in [-0.39, 0.29) is 5.91 Å². The van der Waals surface area contributed by atoms with Gasteiger partial charge in [-0.1, -0.05) is 29.2 Å². The van der Waals surface area contributed by atoms with Crippen LogP contribution in [0.3, 0.4) is 0 Å². The van der Waals surface area contributed by atoms with Gasteiger partial charge in [-0.2, -0.15) is 0 Å². The minimum atomic E-state index is -0.128. The SMILES string of the molecule is C=CCSc1nnc(NC(C)=O)s1. The zero-order chi connectivity index (χ0) is 9.68. The molecule has 0 spiro atoms. The van der Waals surface area contributed by atoms with Crippen molar-refractivity contribution in [2.24, 2.45) is 0 Å². The zero-order valence-corrected chi connectivity index (χ0v) is 8.74. The fourth-order valence-corrected chi connectivity index (χ4v) is 2.16. The number of thioether (sulfide) groups is 1. The third-order valence-corrected chi connectivity index (χ3v) is 2.98. The smallest absolute Gasteiger partial charge is 0.223 e. The van der Waals surface area contributed by atoms with Crippen LogP contribution < -0.4 is 5.32 Å². The first-order valence-corrected chi connectivity index (χ1v) is 5.37. The number of hydrogen-bond acceptors (Lipinski definition) is 5. The topological polar surface area (TPSA) is 54.9 Å². The summed E-state index contributed by atoms with van der Waals surface area (Å²) in [6.45, 7) is 5.04. The van der Waals surface area contributed by atoms with Gasteiger partial charge in [0.1, 0.15) is 0 Å². The molecule has 1 aromatic heterocycles. The maximum atomic E-state index is 10.6. The van der Waals surface area contributed by atoms with Gasteiger partial charge >= 0.3 is 0 Å². The summed E-state index contributed by atoms with van der Waals surface area (Å²) < 4.78 is 0.837. The Balaban J connectivity index is 2.53. The number of aromatic nitrogens is 2. The van der Waals surface area contributed by atoms with Crippen LogP contribution in [-0.2, 0) is 4.79 Å². The normalized spacial score (nSPS) is 9.62. The van der Waals surface area contributed by atoms with E-state index < -0.39 is 0 Å². The Morgan fingerprint density at radius 1 is 1.77 bits per heavy atom. The molecule has 0 saturated carbocycles. The van der Waals surface area contributed by atoms with E-state index >= 15 is 0 Å². The lowest BCUT2D eigenvalue weighted by atomic mass is 10.7. The molecule has 1 rings (SSSR count). The summed E-state index contributed by atoms with van der Waals surface area (Å²) in [5.74, 6) is 0.672. The molecule has 1 N–H and O–H groups in total. The van der Waals surface area contributed by atoms with Gasteiger partial charge in [-0.25, -0.2) is 0 Å². The first-order chi connectivity index (χ1) is 6.22. The van der Waals surface area contributed by atoms with E-state index in [1.165, 1.54) is 18.3 Å². The molecule has 0 unspecified atom stereocenters. The molecule has 0 saturated heterocycles. The number of nitrogens with one attached hydrogen (secondary N) is 1. The monoisotopic (exact) mass is 215 g/mol. The molecule has 0 fully saturated rings. The highest BCUT2D eigenvalue weighted by molar-refractivity contribution is 8.01. The predicted octanol–water partition coefficient (Wildman–Crippen LogP) is 1.77. The van der Waals surface area contributed by atoms with E-state index in [1.807, 2.05) is 0 Å². The number of nitrogens with zero attached hydrogens (tertiary/aromatic N) is 2. The maximum Gasteiger partial charge on any atom is 0.223 e. The average Bonchev–Trinajstić information content (AvgIpc) is 2.48. The summed E-state index contributed by atoms with van der Waals surface area (Å²) in [5.41, 5.74) is 0. The first-order valence-electron chi connectivity index (χ1n) is 3.57. The highest BCUT2D eigenvalue weighted by Gasteiger charge is 2.04. The van der Waals surface area contributed by atoms with Crippen LogP contribution in [0.4, 0.5) is 5.13 Å². The Morgan fingerprint density at radius 2 is 2.54 bits per heavy atom. The van der Waals surface area contributed by atoms with Gasteiger partial charge in [0.2, 0.25) is 11.0 Å². The van der Waals surface area contributed by atoms with E-state index in [0.717, 1.165) is 10.1 Å². The fourth-order valence-electron chi connectivity index (χ4n) is 0.599. The van der Waals surface area contributed by atoms with Crippen molar-refractivity contribution in [3.05, 3.63) is 12.7 Å². The molecule has 0 radical (unpaired) electrons. The van der Waals surface area contributed by atoms with Crippen molar-refractivity contribution in [1.82, 2.24) is 10.2 Å². The minimum Gasteiger partial charge on any atom is -0.301 e. The number of rotatable bonds is 4. The highest BCUT2D eigenvalue weighted by Crippen LogP contribution is 2.24. The van der Waals surface area contributed by atoms with Gasteiger partial charge < -0.3 is 5.32 Å². The Morgan fingerprint density at radius 3 is 3.15 bits per heavy atom. The quantitative estimate of drug-likeness (QED) is 0.472. The summed E-state index contributed by atoms with van der Waals surface area (Å²) in [7, 11) is 0. The summed E-state index contributed by atoms with van der Waals surface area (Å²) in [6.07, 6.45) is 1.80. The van der Waals surface area contributed by atoms with Crippen molar-refractivity contribution in [3.8, 4) is 0 Å². The van der Waals surface area contributed by atoms with Crippen LogP contribution in [0.2, 0.25) is 0 Å². The lowest BCUT2D eigenvalue weighted by molar-refractivity contribution is -0.114. The van der Waals surface area contributed by atoms with Crippen LogP contribution in [0.15, 0.2) is 17.0 Å². The van der Waals surface area contributed by atoms with Crippen LogP contribution in [0.1, 0.15) is 6.92 Å². The molecule has 70 valence electrons. The zero-order valence-electron chi connectivity index (χ0n) is 7.11. The fraction of sp³-hybridized carbons (Fsp3) is 0.286. The maximum absolute atomic E-state index is 10.6. The van der Waals surface area contributed by atoms with Crippen molar-refractivity contribution in [2.75, 3.05) is 11.1 Å². The Hall–Kier alpha value is -0.880. The molecule has 0 bridgehead atoms. The predicted molar refractivity (Wildman–Crippen MR) is 55.1 cm³/mol. The highest BCUT2D eigenvalue weighted by atomic mass is 32.2. The molecule has 1 heterocycles. The number of amides is 1. The van der Waals surface area contributed by atoms with Crippen LogP contribution in [0, 0.1) is 0 Å². The lowest BCUT2D eigenvalue weighted by Crippen LogP contribution is -2.04. The molecule has 4 nitrogen and oxygen atoms in total. The Labute approximate surface area is 84.4 Å². The lowest BCUT2D eigenvalue weighted by Gasteiger charge is -1.90. The van der Waals surface area contributed by atoms with Crippen LogP contribution in [0.5, 0.6) is 0 Å². The van der Waals surface area contributed by atoms with Gasteiger partial charge in [0.25, 0.3) is 0 Å². The number of hydrogen-bond donors (Lipinski definition) is 1. The summed E-state index contributed by atoms with van der Waals surface area (Å²) >= 11 is 2.91. The van der Waals surface area contributed by atoms with E-state index in [0.29, 0.717) is 5.13 Å². The number of anilines is 1. The molecule has 0 aliphatic heterocycles. The number of carbonyl (C=O) groups is 1. The molecule has 1 aromatic rings. The summed E-state index contributed by atoms with van der Waals surface area (Å²) in [4.78, 5) is 10.6. The Kier molecular flexibility index (Phi) is 3.91. The van der Waals surface area contributed by atoms with Crippen molar-refractivity contribution < 1.29 is 4.79 Å². The van der Waals surface area contributed by atoms with Gasteiger partial charge in [-0.05, 0) is 0 Å². The molecule has 0 aliphatic rings. The van der Waals surface area contributed by atoms with Gasteiger partial charge in [0, 0.05) is 12.7 Å². The molecule has 0 atom stereocenters. The molecular weight excluding hydrogens is 206 g/mol. The van der Waals surface area contributed by atoms with Crippen molar-refractivity contribution >= 4 is 34.1 Å². The van der Waals surface area contributed by atoms with Crippen LogP contribution in [0.25, 0.3) is 0 Å². The summed E-state index contributed by atoms with van der Waals surface area (Å²) in [5, 5.41) is 10.8. The molecule has 0 aliphatic carbocycles. The van der Waals surface area contributed by atoms with E-state index in [2.05, 4.69) is 22.1 Å². The second kappa shape index (κ2) is 4.98. The minimum absolute atomic E-state index is 0.128. The molecule has 6 heteroatoms. The van der Waals surface area contributed by atoms with Gasteiger partial charge in [-0.15, -0.1) is 16.8 Å². The van der Waals surface area contributed by atoms with Crippen molar-refractivity contribution in [3.63, 3.8) is 0 Å². The van der Waals surface area contributed by atoms with Gasteiger partial charge in [0.15, 0.2) is 4.34 Å². The van der Waals surface area contributed by atoms with E-state index in [4.69, 9.17) is 0 Å². The second-order valence-electron chi connectivity index (χ2n) is 2.15.